The molecule has 0 aliphatic heterocycles. The first-order valence-electron chi connectivity index (χ1n) is 12.6. The number of carbonyl (C=O) groups excluding carboxylic acids is 2. The molecule has 7 nitrogen and oxygen atoms in total. The van der Waals surface area contributed by atoms with Crippen LogP contribution in [0.1, 0.15) is 68.4 Å². The summed E-state index contributed by atoms with van der Waals surface area (Å²) in [6, 6.07) is 16.4. The van der Waals surface area contributed by atoms with Crippen molar-refractivity contribution in [2.75, 3.05) is 19.7 Å². The highest BCUT2D eigenvalue weighted by atomic mass is 16.5. The largest absolute Gasteiger partial charge is 0.481 e. The van der Waals surface area contributed by atoms with Crippen LogP contribution in [-0.2, 0) is 14.3 Å². The van der Waals surface area contributed by atoms with Crippen molar-refractivity contribution in [1.29, 1.82) is 0 Å². The molecular formula is C28H34N2O5. The van der Waals surface area contributed by atoms with Crippen LogP contribution in [0.4, 0.5) is 4.79 Å². The maximum atomic E-state index is 13.1. The first-order chi connectivity index (χ1) is 17.0. The van der Waals surface area contributed by atoms with Crippen LogP contribution >= 0.6 is 0 Å². The lowest BCUT2D eigenvalue weighted by atomic mass is 9.73. The van der Waals surface area contributed by atoms with Gasteiger partial charge in [0, 0.05) is 25.4 Å². The number of unbranched alkanes of at least 4 members (excludes halogenated alkanes) is 1. The fraction of sp³-hybridized carbons (Fsp3) is 0.464. The molecule has 2 aromatic rings. The van der Waals surface area contributed by atoms with Crippen molar-refractivity contribution >= 4 is 18.0 Å². The number of benzene rings is 2. The summed E-state index contributed by atoms with van der Waals surface area (Å²) in [4.78, 5) is 36.4. The Morgan fingerprint density at radius 3 is 2.14 bits per heavy atom. The number of aliphatic carboxylic acids is 1. The number of nitrogens with one attached hydrogen (secondary N) is 2. The van der Waals surface area contributed by atoms with E-state index in [1.807, 2.05) is 24.3 Å². The average molecular weight is 479 g/mol. The van der Waals surface area contributed by atoms with Gasteiger partial charge in [-0.25, -0.2) is 4.79 Å². The molecule has 3 N–H and O–H groups in total. The SMILES string of the molecule is O=C(O)CCCCNC(=O)C1(CNC(=O)OCC2c3ccccc3-c3ccccc32)CCCCC1. The topological polar surface area (TPSA) is 105 Å². The molecule has 1 saturated carbocycles. The Balaban J connectivity index is 1.32. The summed E-state index contributed by atoms with van der Waals surface area (Å²) >= 11 is 0. The van der Waals surface area contributed by atoms with Crippen LogP contribution in [0.15, 0.2) is 48.5 Å². The molecule has 0 spiro atoms. The van der Waals surface area contributed by atoms with E-state index in [9.17, 15) is 14.4 Å². The van der Waals surface area contributed by atoms with E-state index in [0.29, 0.717) is 19.4 Å². The second-order valence-electron chi connectivity index (χ2n) is 9.63. The third kappa shape index (κ3) is 5.84. The molecule has 0 heterocycles. The Hall–Kier alpha value is -3.35. The molecule has 2 aliphatic rings. The molecule has 7 heteroatoms. The Bertz CT molecular complexity index is 1020. The van der Waals surface area contributed by atoms with E-state index >= 15 is 0 Å². The first kappa shape index (κ1) is 24.8. The highest BCUT2D eigenvalue weighted by Gasteiger charge is 2.40. The average Bonchev–Trinajstić information content (AvgIpc) is 3.20. The van der Waals surface area contributed by atoms with Gasteiger partial charge in [0.2, 0.25) is 5.91 Å². The van der Waals surface area contributed by atoms with E-state index in [0.717, 1.165) is 43.2 Å². The Morgan fingerprint density at radius 2 is 1.51 bits per heavy atom. The predicted molar refractivity (Wildman–Crippen MR) is 133 cm³/mol. The molecule has 0 radical (unpaired) electrons. The van der Waals surface area contributed by atoms with E-state index in [1.54, 1.807) is 0 Å². The summed E-state index contributed by atoms with van der Waals surface area (Å²) in [6.45, 7) is 0.923. The van der Waals surface area contributed by atoms with Gasteiger partial charge in [-0.2, -0.15) is 0 Å². The van der Waals surface area contributed by atoms with Gasteiger partial charge in [0.25, 0.3) is 0 Å². The van der Waals surface area contributed by atoms with Crippen LogP contribution < -0.4 is 10.6 Å². The summed E-state index contributed by atoms with van der Waals surface area (Å²) in [5, 5.41) is 14.6. The molecular weight excluding hydrogens is 444 g/mol. The van der Waals surface area contributed by atoms with E-state index in [4.69, 9.17) is 9.84 Å². The van der Waals surface area contributed by atoms with Gasteiger partial charge in [-0.1, -0.05) is 67.8 Å². The van der Waals surface area contributed by atoms with Crippen LogP contribution in [-0.4, -0.2) is 42.8 Å². The Morgan fingerprint density at radius 1 is 0.886 bits per heavy atom. The maximum Gasteiger partial charge on any atom is 0.407 e. The van der Waals surface area contributed by atoms with Gasteiger partial charge >= 0.3 is 12.1 Å². The van der Waals surface area contributed by atoms with Crippen LogP contribution in [0.2, 0.25) is 0 Å². The quantitative estimate of drug-likeness (QED) is 0.424. The number of carbonyl (C=O) groups is 3. The van der Waals surface area contributed by atoms with Gasteiger partial charge in [-0.05, 0) is 47.9 Å². The summed E-state index contributed by atoms with van der Waals surface area (Å²) in [6.07, 6.45) is 5.15. The molecule has 0 unspecified atom stereocenters. The zero-order valence-corrected chi connectivity index (χ0v) is 20.1. The molecule has 1 fully saturated rings. The van der Waals surface area contributed by atoms with Gasteiger partial charge in [0.1, 0.15) is 6.61 Å². The van der Waals surface area contributed by atoms with Gasteiger partial charge in [0.15, 0.2) is 0 Å². The molecule has 0 saturated heterocycles. The molecule has 0 aromatic heterocycles. The number of ether oxygens (including phenoxy) is 1. The Labute approximate surface area is 206 Å². The van der Waals surface area contributed by atoms with Crippen LogP contribution in [0.5, 0.6) is 0 Å². The van der Waals surface area contributed by atoms with E-state index in [-0.39, 0.29) is 31.4 Å². The van der Waals surface area contributed by atoms with Crippen molar-refractivity contribution in [1.82, 2.24) is 10.6 Å². The molecule has 2 amide bonds. The zero-order valence-electron chi connectivity index (χ0n) is 20.1. The summed E-state index contributed by atoms with van der Waals surface area (Å²) < 4.78 is 5.65. The van der Waals surface area contributed by atoms with Crippen LogP contribution in [0.25, 0.3) is 11.1 Å². The number of amides is 2. The fourth-order valence-corrected chi connectivity index (χ4v) is 5.39. The normalized spacial score (nSPS) is 16.1. The highest BCUT2D eigenvalue weighted by molar-refractivity contribution is 5.84. The number of fused-ring (bicyclic) bond motifs is 3. The standard InChI is InChI=1S/C28H34N2O5/c31-25(32)14-6-9-17-29-26(33)28(15-7-1-8-16-28)19-30-27(34)35-18-24-22-12-4-2-10-20(22)21-11-3-5-13-23(21)24/h2-5,10-13,24H,1,6-9,14-19H2,(H,29,33)(H,30,34)(H,31,32). The minimum Gasteiger partial charge on any atom is -0.481 e. The molecule has 0 atom stereocenters. The van der Waals surface area contributed by atoms with Crippen molar-refractivity contribution in [3.63, 3.8) is 0 Å². The summed E-state index contributed by atoms with van der Waals surface area (Å²) in [7, 11) is 0. The van der Waals surface area contributed by atoms with Gasteiger partial charge < -0.3 is 20.5 Å². The van der Waals surface area contributed by atoms with Gasteiger partial charge in [0.05, 0.1) is 5.41 Å². The maximum absolute atomic E-state index is 13.1. The van der Waals surface area contributed by atoms with Gasteiger partial charge in [-0.15, -0.1) is 0 Å². The molecule has 35 heavy (non-hydrogen) atoms. The van der Waals surface area contributed by atoms with Crippen LogP contribution in [0.3, 0.4) is 0 Å². The van der Waals surface area contributed by atoms with E-state index in [1.165, 1.54) is 11.1 Å². The first-order valence-corrected chi connectivity index (χ1v) is 12.6. The minimum absolute atomic E-state index is 0.00843. The summed E-state index contributed by atoms with van der Waals surface area (Å²) in [5.41, 5.74) is 4.04. The molecule has 2 aliphatic carbocycles. The zero-order chi connectivity index (χ0) is 24.7. The number of hydrogen-bond acceptors (Lipinski definition) is 4. The molecule has 186 valence electrons. The lowest BCUT2D eigenvalue weighted by Gasteiger charge is -2.35. The van der Waals surface area contributed by atoms with Crippen molar-refractivity contribution in [3.05, 3.63) is 59.7 Å². The lowest BCUT2D eigenvalue weighted by Crippen LogP contribution is -2.49. The van der Waals surface area contributed by atoms with Gasteiger partial charge in [-0.3, -0.25) is 9.59 Å². The number of alkyl carbamates (subject to hydrolysis) is 1. The molecule has 4 rings (SSSR count). The molecule has 2 aromatic carbocycles. The number of carboxylic acids is 1. The number of rotatable bonds is 10. The monoisotopic (exact) mass is 478 g/mol. The van der Waals surface area contributed by atoms with Crippen molar-refractivity contribution in [2.45, 2.75) is 57.3 Å². The van der Waals surface area contributed by atoms with Crippen LogP contribution in [0, 0.1) is 5.41 Å². The predicted octanol–water partition coefficient (Wildman–Crippen LogP) is 4.85. The van der Waals surface area contributed by atoms with Crippen molar-refractivity contribution in [3.8, 4) is 11.1 Å². The van der Waals surface area contributed by atoms with Crippen molar-refractivity contribution in [2.24, 2.45) is 5.41 Å². The lowest BCUT2D eigenvalue weighted by molar-refractivity contribution is -0.137. The fourth-order valence-electron chi connectivity index (χ4n) is 5.39. The minimum atomic E-state index is -0.827. The third-order valence-corrected chi connectivity index (χ3v) is 7.31. The smallest absolute Gasteiger partial charge is 0.407 e. The molecule has 0 bridgehead atoms. The number of hydrogen-bond donors (Lipinski definition) is 3. The van der Waals surface area contributed by atoms with E-state index in [2.05, 4.69) is 34.9 Å². The Kier molecular flexibility index (Phi) is 8.06. The highest BCUT2D eigenvalue weighted by Crippen LogP contribution is 2.44. The van der Waals surface area contributed by atoms with Crippen molar-refractivity contribution < 1.29 is 24.2 Å². The summed E-state index contributed by atoms with van der Waals surface area (Å²) in [5.74, 6) is -0.898. The third-order valence-electron chi connectivity index (χ3n) is 7.31. The van der Waals surface area contributed by atoms with E-state index < -0.39 is 17.5 Å². The number of carboxylic acid groups (broad SMARTS) is 1. The second kappa shape index (κ2) is 11.4. The second-order valence-corrected chi connectivity index (χ2v) is 9.63.